The van der Waals surface area contributed by atoms with Crippen LogP contribution in [0.3, 0.4) is 0 Å². The Morgan fingerprint density at radius 2 is 2.07 bits per heavy atom. The predicted octanol–water partition coefficient (Wildman–Crippen LogP) is 3.05. The first-order valence-electron chi connectivity index (χ1n) is 5.07. The summed E-state index contributed by atoms with van der Waals surface area (Å²) in [5.41, 5.74) is 3.92. The van der Waals surface area contributed by atoms with Crippen LogP contribution in [0.1, 0.15) is 23.1 Å². The SMILES string of the molecule is C1=Cc2c(ccc3c2OCC=C3)CC1. The Hall–Kier alpha value is -1.50. The largest absolute Gasteiger partial charge is 0.488 e. The van der Waals surface area contributed by atoms with Crippen LogP contribution < -0.4 is 4.74 Å². The lowest BCUT2D eigenvalue weighted by Gasteiger charge is -2.19. The molecule has 0 N–H and O–H groups in total. The van der Waals surface area contributed by atoms with Gasteiger partial charge in [0.05, 0.1) is 0 Å². The molecule has 1 nitrogen and oxygen atoms in total. The van der Waals surface area contributed by atoms with E-state index in [1.807, 2.05) is 0 Å². The molecule has 0 radical (unpaired) electrons. The van der Waals surface area contributed by atoms with Crippen LogP contribution in [0, 0.1) is 0 Å². The van der Waals surface area contributed by atoms with Crippen molar-refractivity contribution < 1.29 is 4.74 Å². The molecule has 0 bridgehead atoms. The molecule has 2 aliphatic rings. The molecule has 1 aliphatic carbocycles. The molecule has 70 valence electrons. The maximum atomic E-state index is 5.68. The summed E-state index contributed by atoms with van der Waals surface area (Å²) >= 11 is 0. The van der Waals surface area contributed by atoms with E-state index in [-0.39, 0.29) is 0 Å². The average Bonchev–Trinajstić information content (AvgIpc) is 2.29. The second-order valence-corrected chi connectivity index (χ2v) is 3.71. The van der Waals surface area contributed by atoms with Gasteiger partial charge >= 0.3 is 0 Å². The van der Waals surface area contributed by atoms with Gasteiger partial charge < -0.3 is 4.74 Å². The number of hydrogen-bond acceptors (Lipinski definition) is 1. The molecule has 0 spiro atoms. The smallest absolute Gasteiger partial charge is 0.134 e. The van der Waals surface area contributed by atoms with Gasteiger partial charge in [0.25, 0.3) is 0 Å². The average molecular weight is 184 g/mol. The predicted molar refractivity (Wildman–Crippen MR) is 58.3 cm³/mol. The van der Waals surface area contributed by atoms with Gasteiger partial charge in [-0.05, 0) is 24.5 Å². The van der Waals surface area contributed by atoms with Gasteiger partial charge in [0, 0.05) is 11.1 Å². The molecular formula is C13H12O. The van der Waals surface area contributed by atoms with Gasteiger partial charge in [-0.15, -0.1) is 0 Å². The van der Waals surface area contributed by atoms with Crippen molar-refractivity contribution in [3.63, 3.8) is 0 Å². The highest BCUT2D eigenvalue weighted by Gasteiger charge is 2.14. The number of benzene rings is 1. The maximum Gasteiger partial charge on any atom is 0.134 e. The number of allylic oxidation sites excluding steroid dienone is 1. The Balaban J connectivity index is 2.24. The molecule has 1 heteroatoms. The molecule has 1 heterocycles. The van der Waals surface area contributed by atoms with Gasteiger partial charge in [-0.1, -0.05) is 30.4 Å². The van der Waals surface area contributed by atoms with E-state index in [0.717, 1.165) is 18.6 Å². The molecule has 0 amide bonds. The minimum atomic E-state index is 0.706. The van der Waals surface area contributed by atoms with Crippen LogP contribution >= 0.6 is 0 Å². The van der Waals surface area contributed by atoms with E-state index in [2.05, 4.69) is 36.4 Å². The third kappa shape index (κ3) is 1.09. The minimum absolute atomic E-state index is 0.706. The molecule has 0 atom stereocenters. The molecule has 14 heavy (non-hydrogen) atoms. The normalized spacial score (nSPS) is 17.1. The van der Waals surface area contributed by atoms with Gasteiger partial charge in [-0.2, -0.15) is 0 Å². The van der Waals surface area contributed by atoms with Crippen molar-refractivity contribution in [2.24, 2.45) is 0 Å². The van der Waals surface area contributed by atoms with Gasteiger partial charge in [0.15, 0.2) is 0 Å². The van der Waals surface area contributed by atoms with Gasteiger partial charge in [0.1, 0.15) is 12.4 Å². The van der Waals surface area contributed by atoms with Crippen molar-refractivity contribution in [1.29, 1.82) is 0 Å². The van der Waals surface area contributed by atoms with E-state index >= 15 is 0 Å². The quantitative estimate of drug-likeness (QED) is 0.602. The lowest BCUT2D eigenvalue weighted by Crippen LogP contribution is -2.05. The Morgan fingerprint density at radius 1 is 1.07 bits per heavy atom. The van der Waals surface area contributed by atoms with E-state index in [9.17, 15) is 0 Å². The monoisotopic (exact) mass is 184 g/mol. The second kappa shape index (κ2) is 3.02. The topological polar surface area (TPSA) is 9.23 Å². The summed E-state index contributed by atoms with van der Waals surface area (Å²) in [5, 5.41) is 0. The maximum absolute atomic E-state index is 5.68. The summed E-state index contributed by atoms with van der Waals surface area (Å²) in [5.74, 6) is 1.07. The van der Waals surface area contributed by atoms with Gasteiger partial charge in [0.2, 0.25) is 0 Å². The van der Waals surface area contributed by atoms with E-state index in [0.29, 0.717) is 6.61 Å². The van der Waals surface area contributed by atoms with Crippen molar-refractivity contribution in [2.45, 2.75) is 12.8 Å². The van der Waals surface area contributed by atoms with Crippen molar-refractivity contribution >= 4 is 12.2 Å². The van der Waals surface area contributed by atoms with Crippen LogP contribution in [0.4, 0.5) is 0 Å². The molecule has 1 aromatic carbocycles. The molecule has 1 aromatic rings. The van der Waals surface area contributed by atoms with Crippen molar-refractivity contribution in [3.8, 4) is 5.75 Å². The summed E-state index contributed by atoms with van der Waals surface area (Å²) in [6.07, 6.45) is 10.9. The van der Waals surface area contributed by atoms with E-state index in [1.54, 1.807) is 0 Å². The first-order valence-corrected chi connectivity index (χ1v) is 5.07. The van der Waals surface area contributed by atoms with Gasteiger partial charge in [-0.3, -0.25) is 0 Å². The number of fused-ring (bicyclic) bond motifs is 3. The molecule has 0 saturated heterocycles. The molecular weight excluding hydrogens is 172 g/mol. The zero-order valence-electron chi connectivity index (χ0n) is 7.99. The van der Waals surface area contributed by atoms with Crippen LogP contribution in [0.15, 0.2) is 24.3 Å². The lowest BCUT2D eigenvalue weighted by atomic mass is 9.93. The highest BCUT2D eigenvalue weighted by molar-refractivity contribution is 5.72. The third-order valence-corrected chi connectivity index (χ3v) is 2.80. The van der Waals surface area contributed by atoms with E-state index < -0.39 is 0 Å². The van der Waals surface area contributed by atoms with Crippen LogP contribution in [-0.4, -0.2) is 6.61 Å². The van der Waals surface area contributed by atoms with Crippen LogP contribution in [0.5, 0.6) is 5.75 Å². The molecule has 0 aromatic heterocycles. The van der Waals surface area contributed by atoms with Crippen LogP contribution in [0.25, 0.3) is 12.2 Å². The number of aryl methyl sites for hydroxylation is 1. The summed E-state index contributed by atoms with van der Waals surface area (Å²) in [6.45, 7) is 0.706. The fourth-order valence-electron chi connectivity index (χ4n) is 2.10. The molecule has 0 unspecified atom stereocenters. The standard InChI is InChI=1S/C13H12O/c1-2-6-12-10(4-1)7-8-11-5-3-9-14-13(11)12/h2-3,5-8H,1,4,9H2. The molecule has 0 fully saturated rings. The number of ether oxygens (including phenoxy) is 1. The zero-order valence-corrected chi connectivity index (χ0v) is 7.99. The first kappa shape index (κ1) is 7.86. The fraction of sp³-hybridized carbons (Fsp3) is 0.231. The van der Waals surface area contributed by atoms with E-state index in [1.165, 1.54) is 16.7 Å². The number of rotatable bonds is 0. The highest BCUT2D eigenvalue weighted by atomic mass is 16.5. The van der Waals surface area contributed by atoms with Crippen molar-refractivity contribution in [1.82, 2.24) is 0 Å². The number of hydrogen-bond donors (Lipinski definition) is 0. The molecule has 3 rings (SSSR count). The Kier molecular flexibility index (Phi) is 1.69. The van der Waals surface area contributed by atoms with Crippen LogP contribution in [-0.2, 0) is 6.42 Å². The fourth-order valence-corrected chi connectivity index (χ4v) is 2.10. The summed E-state index contributed by atoms with van der Waals surface area (Å²) < 4.78 is 5.68. The summed E-state index contributed by atoms with van der Waals surface area (Å²) in [6, 6.07) is 4.37. The first-order chi connectivity index (χ1) is 6.95. The highest BCUT2D eigenvalue weighted by Crippen LogP contribution is 2.34. The Bertz CT molecular complexity index is 427. The Labute approximate surface area is 83.7 Å². The van der Waals surface area contributed by atoms with Crippen LogP contribution in [0.2, 0.25) is 0 Å². The Morgan fingerprint density at radius 3 is 3.07 bits per heavy atom. The second-order valence-electron chi connectivity index (χ2n) is 3.71. The summed E-state index contributed by atoms with van der Waals surface area (Å²) in [4.78, 5) is 0. The van der Waals surface area contributed by atoms with E-state index in [4.69, 9.17) is 4.74 Å². The molecule has 1 aliphatic heterocycles. The third-order valence-electron chi connectivity index (χ3n) is 2.80. The molecule has 0 saturated carbocycles. The van der Waals surface area contributed by atoms with Crippen molar-refractivity contribution in [2.75, 3.05) is 6.61 Å². The minimum Gasteiger partial charge on any atom is -0.488 e. The lowest BCUT2D eigenvalue weighted by molar-refractivity contribution is 0.357. The summed E-state index contributed by atoms with van der Waals surface area (Å²) in [7, 11) is 0. The van der Waals surface area contributed by atoms with Crippen molar-refractivity contribution in [3.05, 3.63) is 41.0 Å². The van der Waals surface area contributed by atoms with Gasteiger partial charge in [-0.25, -0.2) is 0 Å². The zero-order chi connectivity index (χ0) is 9.38.